The third kappa shape index (κ3) is 4.41. The molecule has 1 fully saturated rings. The summed E-state index contributed by atoms with van der Waals surface area (Å²) in [6, 6.07) is 2.01. The molecule has 0 amide bonds. The Morgan fingerprint density at radius 2 is 2.27 bits per heavy atom. The summed E-state index contributed by atoms with van der Waals surface area (Å²) in [5, 5.41) is 15.6. The van der Waals surface area contributed by atoms with E-state index >= 15 is 0 Å². The van der Waals surface area contributed by atoms with E-state index in [0.717, 1.165) is 17.3 Å². The van der Waals surface area contributed by atoms with Crippen molar-refractivity contribution in [3.8, 4) is 0 Å². The lowest BCUT2D eigenvalue weighted by Crippen LogP contribution is -2.19. The topological polar surface area (TPSA) is 132 Å². The van der Waals surface area contributed by atoms with Gasteiger partial charge in [-0.15, -0.1) is 10.8 Å². The zero-order valence-corrected chi connectivity index (χ0v) is 12.8. The molecular formula is C13H20N6O2S. The van der Waals surface area contributed by atoms with Gasteiger partial charge in [0.1, 0.15) is 5.84 Å². The van der Waals surface area contributed by atoms with Crippen molar-refractivity contribution in [3.05, 3.63) is 23.9 Å². The minimum atomic E-state index is -3.00. The van der Waals surface area contributed by atoms with Crippen molar-refractivity contribution in [2.24, 2.45) is 15.1 Å². The summed E-state index contributed by atoms with van der Waals surface area (Å²) >= 11 is 0. The summed E-state index contributed by atoms with van der Waals surface area (Å²) in [6.07, 6.45) is 7.74. The summed E-state index contributed by atoms with van der Waals surface area (Å²) in [5.74, 6) is 2.17. The highest BCUT2D eigenvalue weighted by atomic mass is 32.3. The van der Waals surface area contributed by atoms with Crippen molar-refractivity contribution in [2.45, 2.75) is 31.3 Å². The van der Waals surface area contributed by atoms with Gasteiger partial charge in [0.05, 0.1) is 5.75 Å². The maximum atomic E-state index is 9.11. The Labute approximate surface area is 130 Å². The van der Waals surface area contributed by atoms with E-state index in [-0.39, 0.29) is 11.9 Å². The highest BCUT2D eigenvalue weighted by molar-refractivity contribution is 8.22. The van der Waals surface area contributed by atoms with Gasteiger partial charge in [0.15, 0.2) is 12.0 Å². The number of nitrogens with two attached hydrogens (primary N) is 1. The molecule has 8 nitrogen and oxygen atoms in total. The van der Waals surface area contributed by atoms with E-state index in [9.17, 15) is 0 Å². The number of hydrogen-bond acceptors (Lipinski definition) is 7. The third-order valence-corrected chi connectivity index (χ3v) is 4.05. The normalized spacial score (nSPS) is 22.9. The van der Waals surface area contributed by atoms with Crippen LogP contribution < -0.4 is 10.5 Å². The van der Waals surface area contributed by atoms with Gasteiger partial charge in [0.25, 0.3) is 0 Å². The number of anilines is 1. The first-order valence-corrected chi connectivity index (χ1v) is 8.88. The molecule has 1 aliphatic carbocycles. The minimum absolute atomic E-state index is 0.00141. The third-order valence-electron chi connectivity index (χ3n) is 3.37. The predicted molar refractivity (Wildman–Crippen MR) is 89.6 cm³/mol. The maximum absolute atomic E-state index is 9.11. The Bertz CT molecular complexity index is 614. The molecule has 2 heterocycles. The molecule has 1 aromatic rings. The number of rotatable bonds is 5. The van der Waals surface area contributed by atoms with Crippen LogP contribution in [0.15, 0.2) is 28.2 Å². The fraction of sp³-hybridized carbons (Fsp3) is 0.462. The summed E-state index contributed by atoms with van der Waals surface area (Å²) in [7, 11) is -3.00. The first-order chi connectivity index (χ1) is 10.5. The van der Waals surface area contributed by atoms with Gasteiger partial charge in [-0.05, 0) is 18.9 Å². The maximum Gasteiger partial charge on any atom is 0.159 e. The SMILES string of the molecule is NS(O)(O)CC=CC1N=CCC(Nc2cc(C3CC3)[nH]n2)=N1. The molecular weight excluding hydrogens is 304 g/mol. The highest BCUT2D eigenvalue weighted by Gasteiger charge is 2.25. The van der Waals surface area contributed by atoms with Crippen LogP contribution in [-0.4, -0.2) is 43.3 Å². The fourth-order valence-corrected chi connectivity index (χ4v) is 2.53. The lowest BCUT2D eigenvalue weighted by atomic mass is 10.3. The molecule has 0 saturated heterocycles. The van der Waals surface area contributed by atoms with Crippen LogP contribution in [0.25, 0.3) is 0 Å². The van der Waals surface area contributed by atoms with E-state index in [1.54, 1.807) is 18.4 Å². The van der Waals surface area contributed by atoms with Crippen molar-refractivity contribution in [1.82, 2.24) is 10.2 Å². The number of H-pyrrole nitrogens is 1. The van der Waals surface area contributed by atoms with E-state index in [4.69, 9.17) is 14.2 Å². The Morgan fingerprint density at radius 3 is 3.00 bits per heavy atom. The largest absolute Gasteiger partial charge is 0.327 e. The van der Waals surface area contributed by atoms with E-state index < -0.39 is 10.8 Å². The second kappa shape index (κ2) is 6.21. The van der Waals surface area contributed by atoms with Crippen LogP contribution in [0.3, 0.4) is 0 Å². The van der Waals surface area contributed by atoms with Crippen molar-refractivity contribution >= 4 is 28.6 Å². The van der Waals surface area contributed by atoms with Gasteiger partial charge in [0.2, 0.25) is 0 Å². The summed E-state index contributed by atoms with van der Waals surface area (Å²) in [4.78, 5) is 8.66. The lowest BCUT2D eigenvalue weighted by molar-refractivity contribution is 0.493. The molecule has 1 unspecified atom stereocenters. The molecule has 120 valence electrons. The molecule has 0 spiro atoms. The molecule has 1 aromatic heterocycles. The van der Waals surface area contributed by atoms with Crippen LogP contribution >= 0.6 is 10.8 Å². The molecule has 9 heteroatoms. The average molecular weight is 324 g/mol. The zero-order valence-electron chi connectivity index (χ0n) is 12.0. The van der Waals surface area contributed by atoms with Gasteiger partial charge >= 0.3 is 0 Å². The van der Waals surface area contributed by atoms with Crippen molar-refractivity contribution in [1.29, 1.82) is 0 Å². The van der Waals surface area contributed by atoms with Crippen molar-refractivity contribution in [2.75, 3.05) is 11.1 Å². The summed E-state index contributed by atoms with van der Waals surface area (Å²) in [6.45, 7) is 0. The predicted octanol–water partition coefficient (Wildman–Crippen LogP) is 2.08. The molecule has 2 aliphatic rings. The monoisotopic (exact) mass is 324 g/mol. The zero-order chi connectivity index (χ0) is 15.6. The first-order valence-electron chi connectivity index (χ1n) is 7.10. The lowest BCUT2D eigenvalue weighted by Gasteiger charge is -2.24. The summed E-state index contributed by atoms with van der Waals surface area (Å²) < 4.78 is 18.2. The average Bonchev–Trinajstić information content (AvgIpc) is 3.19. The van der Waals surface area contributed by atoms with Crippen LogP contribution in [0, 0.1) is 0 Å². The molecule has 6 N–H and O–H groups in total. The van der Waals surface area contributed by atoms with Crippen LogP contribution in [0.2, 0.25) is 0 Å². The Kier molecular flexibility index (Phi) is 4.30. The molecule has 0 aromatic carbocycles. The highest BCUT2D eigenvalue weighted by Crippen LogP contribution is 2.39. The van der Waals surface area contributed by atoms with Crippen LogP contribution in [0.1, 0.15) is 30.9 Å². The number of aromatic nitrogens is 2. The first kappa shape index (κ1) is 15.2. The van der Waals surface area contributed by atoms with E-state index in [1.165, 1.54) is 12.8 Å². The summed E-state index contributed by atoms with van der Waals surface area (Å²) in [5.41, 5.74) is 1.16. The smallest absolute Gasteiger partial charge is 0.159 e. The minimum Gasteiger partial charge on any atom is -0.327 e. The van der Waals surface area contributed by atoms with Gasteiger partial charge < -0.3 is 5.32 Å². The van der Waals surface area contributed by atoms with Gasteiger partial charge in [-0.3, -0.25) is 19.2 Å². The van der Waals surface area contributed by atoms with E-state index in [0.29, 0.717) is 12.3 Å². The number of aliphatic imine (C=N–C) groups is 2. The van der Waals surface area contributed by atoms with Crippen molar-refractivity contribution in [3.63, 3.8) is 0 Å². The van der Waals surface area contributed by atoms with Gasteiger partial charge in [-0.2, -0.15) is 5.10 Å². The van der Waals surface area contributed by atoms with Gasteiger partial charge in [0, 0.05) is 30.3 Å². The fourth-order valence-electron chi connectivity index (χ4n) is 2.14. The number of hydrogen-bond donors (Lipinski definition) is 5. The Morgan fingerprint density at radius 1 is 1.45 bits per heavy atom. The number of nitrogens with zero attached hydrogens (tertiary/aromatic N) is 3. The van der Waals surface area contributed by atoms with Gasteiger partial charge in [-0.1, -0.05) is 6.08 Å². The Hall–Kier alpha value is -1.68. The number of nitrogens with one attached hydrogen (secondary N) is 2. The van der Waals surface area contributed by atoms with Crippen LogP contribution in [0.4, 0.5) is 5.82 Å². The second-order valence-corrected chi connectivity index (χ2v) is 7.21. The van der Waals surface area contributed by atoms with Crippen LogP contribution in [0.5, 0.6) is 0 Å². The van der Waals surface area contributed by atoms with Crippen molar-refractivity contribution < 1.29 is 9.11 Å². The molecule has 0 bridgehead atoms. The Balaban J connectivity index is 1.58. The molecule has 0 radical (unpaired) electrons. The second-order valence-electron chi connectivity index (χ2n) is 5.45. The van der Waals surface area contributed by atoms with E-state index in [1.807, 2.05) is 6.07 Å². The molecule has 1 atom stereocenters. The van der Waals surface area contributed by atoms with E-state index in [2.05, 4.69) is 25.5 Å². The molecule has 1 aliphatic heterocycles. The van der Waals surface area contributed by atoms with Crippen LogP contribution in [-0.2, 0) is 0 Å². The number of amidine groups is 1. The quantitative estimate of drug-likeness (QED) is 0.529. The molecule has 3 rings (SSSR count). The standard InChI is InChI=1S/C13H20N6O2S/c14-22(20,21)7-1-2-11-15-6-5-12(16-11)17-13-8-10(18-19-13)9-3-4-9/h1-2,6,8-9,11,20-21H,3-5,7,14H2,(H2,16,17,18,19). The number of aromatic amines is 1. The molecule has 22 heavy (non-hydrogen) atoms. The van der Waals surface area contributed by atoms with Gasteiger partial charge in [-0.25, -0.2) is 10.1 Å². The molecule has 1 saturated carbocycles.